The molecule has 0 saturated heterocycles. The first-order chi connectivity index (χ1) is 12.2. The first kappa shape index (κ1) is 20.7. The number of carbonyl (C=O) groups excluding carboxylic acids is 1. The molecule has 0 unspecified atom stereocenters. The van der Waals surface area contributed by atoms with Gasteiger partial charge in [-0.1, -0.05) is 31.6 Å². The zero-order chi connectivity index (χ0) is 18.3. The Kier molecular flexibility index (Phi) is 10.8. The maximum absolute atomic E-state index is 12.0. The lowest BCUT2D eigenvalue weighted by Gasteiger charge is -2.11. The number of hydrogen-bond donors (Lipinski definition) is 3. The van der Waals surface area contributed by atoms with Crippen LogP contribution in [0, 0.1) is 0 Å². The minimum atomic E-state index is -0.0296. The van der Waals surface area contributed by atoms with Gasteiger partial charge in [0.2, 0.25) is 0 Å². The van der Waals surface area contributed by atoms with Crippen molar-refractivity contribution in [1.29, 1.82) is 0 Å². The topological polar surface area (TPSA) is 74.8 Å². The zero-order valence-corrected chi connectivity index (χ0v) is 15.3. The van der Waals surface area contributed by atoms with Crippen molar-refractivity contribution < 1.29 is 9.53 Å². The van der Waals surface area contributed by atoms with Crippen LogP contribution in [-0.4, -0.2) is 45.2 Å². The van der Waals surface area contributed by atoms with Crippen LogP contribution < -0.4 is 16.0 Å². The van der Waals surface area contributed by atoms with Crippen LogP contribution in [0.3, 0.4) is 0 Å². The van der Waals surface area contributed by atoms with Crippen LogP contribution in [0.4, 0.5) is 0 Å². The first-order valence-corrected chi connectivity index (χ1v) is 8.70. The third-order valence-electron chi connectivity index (χ3n) is 3.46. The van der Waals surface area contributed by atoms with Gasteiger partial charge in [0, 0.05) is 32.3 Å². The van der Waals surface area contributed by atoms with Gasteiger partial charge >= 0.3 is 0 Å². The quantitative estimate of drug-likeness (QED) is 0.248. The average molecular weight is 346 g/mol. The van der Waals surface area contributed by atoms with Gasteiger partial charge in [-0.05, 0) is 24.1 Å². The number of guanidine groups is 1. The number of nitrogens with zero attached hydrogens (tertiary/aromatic N) is 1. The van der Waals surface area contributed by atoms with Gasteiger partial charge in [-0.2, -0.15) is 0 Å². The summed E-state index contributed by atoms with van der Waals surface area (Å²) in [5, 5.41) is 9.26. The summed E-state index contributed by atoms with van der Waals surface area (Å²) in [6, 6.07) is 7.53. The molecule has 1 rings (SSSR count). The molecule has 0 aliphatic carbocycles. The average Bonchev–Trinajstić information content (AvgIpc) is 2.64. The summed E-state index contributed by atoms with van der Waals surface area (Å²) < 4.78 is 5.03. The van der Waals surface area contributed by atoms with Gasteiger partial charge in [0.05, 0.1) is 13.2 Å². The predicted octanol–water partition coefficient (Wildman–Crippen LogP) is 2.08. The molecule has 6 heteroatoms. The maximum Gasteiger partial charge on any atom is 0.251 e. The Morgan fingerprint density at radius 1 is 1.20 bits per heavy atom. The van der Waals surface area contributed by atoms with Crippen molar-refractivity contribution in [3.05, 3.63) is 48.0 Å². The van der Waals surface area contributed by atoms with Gasteiger partial charge in [-0.25, -0.2) is 4.99 Å². The summed E-state index contributed by atoms with van der Waals surface area (Å²) in [6.45, 7) is 8.95. The number of unbranched alkanes of at least 4 members (excludes halogenated alkanes) is 1. The zero-order valence-electron chi connectivity index (χ0n) is 15.3. The molecule has 0 bridgehead atoms. The van der Waals surface area contributed by atoms with Crippen LogP contribution in [0.25, 0.3) is 0 Å². The van der Waals surface area contributed by atoms with E-state index in [0.29, 0.717) is 44.3 Å². The summed E-state index contributed by atoms with van der Waals surface area (Å²) in [5.74, 6) is 0.677. The molecule has 138 valence electrons. The second-order valence-corrected chi connectivity index (χ2v) is 5.56. The van der Waals surface area contributed by atoms with E-state index >= 15 is 0 Å². The Labute approximate surface area is 150 Å². The fraction of sp³-hybridized carbons (Fsp3) is 0.474. The van der Waals surface area contributed by atoms with Crippen LogP contribution in [0.1, 0.15) is 35.7 Å². The predicted molar refractivity (Wildman–Crippen MR) is 103 cm³/mol. The smallest absolute Gasteiger partial charge is 0.251 e. The molecule has 0 spiro atoms. The van der Waals surface area contributed by atoms with E-state index < -0.39 is 0 Å². The van der Waals surface area contributed by atoms with Gasteiger partial charge in [0.15, 0.2) is 5.96 Å². The summed E-state index contributed by atoms with van der Waals surface area (Å²) in [6.07, 6.45) is 3.84. The lowest BCUT2D eigenvalue weighted by atomic mass is 10.1. The van der Waals surface area contributed by atoms with Crippen molar-refractivity contribution in [3.63, 3.8) is 0 Å². The third-order valence-corrected chi connectivity index (χ3v) is 3.46. The van der Waals surface area contributed by atoms with Crippen LogP contribution in [0.15, 0.2) is 41.9 Å². The lowest BCUT2D eigenvalue weighted by molar-refractivity contribution is 0.0953. The Hall–Kier alpha value is -2.34. The number of methoxy groups -OCH3 is 1. The van der Waals surface area contributed by atoms with Crippen molar-refractivity contribution >= 4 is 11.9 Å². The summed E-state index contributed by atoms with van der Waals surface area (Å²) >= 11 is 0. The first-order valence-electron chi connectivity index (χ1n) is 8.70. The van der Waals surface area contributed by atoms with Crippen molar-refractivity contribution in [3.8, 4) is 0 Å². The van der Waals surface area contributed by atoms with Crippen molar-refractivity contribution in [2.24, 2.45) is 4.99 Å². The van der Waals surface area contributed by atoms with Crippen molar-refractivity contribution in [1.82, 2.24) is 16.0 Å². The van der Waals surface area contributed by atoms with Gasteiger partial charge in [-0.3, -0.25) is 4.79 Å². The van der Waals surface area contributed by atoms with Crippen molar-refractivity contribution in [2.45, 2.75) is 26.3 Å². The molecule has 0 saturated carbocycles. The van der Waals surface area contributed by atoms with E-state index in [1.165, 1.54) is 0 Å². The largest absolute Gasteiger partial charge is 0.383 e. The number of benzene rings is 1. The highest BCUT2D eigenvalue weighted by atomic mass is 16.5. The normalized spacial score (nSPS) is 11.0. The van der Waals surface area contributed by atoms with Gasteiger partial charge in [0.1, 0.15) is 0 Å². The summed E-state index contributed by atoms with van der Waals surface area (Å²) in [4.78, 5) is 16.5. The van der Waals surface area contributed by atoms with Crippen LogP contribution in [0.5, 0.6) is 0 Å². The molecule has 0 heterocycles. The molecule has 0 atom stereocenters. The van der Waals surface area contributed by atoms with E-state index in [1.807, 2.05) is 24.3 Å². The minimum Gasteiger partial charge on any atom is -0.383 e. The molecule has 25 heavy (non-hydrogen) atoms. The van der Waals surface area contributed by atoms with Crippen LogP contribution in [-0.2, 0) is 11.3 Å². The molecular formula is C19H30N4O2. The van der Waals surface area contributed by atoms with E-state index in [2.05, 4.69) is 34.4 Å². The van der Waals surface area contributed by atoms with E-state index in [-0.39, 0.29) is 5.91 Å². The highest BCUT2D eigenvalue weighted by Gasteiger charge is 2.04. The highest BCUT2D eigenvalue weighted by Crippen LogP contribution is 2.06. The molecule has 6 nitrogen and oxygen atoms in total. The Morgan fingerprint density at radius 3 is 2.60 bits per heavy atom. The van der Waals surface area contributed by atoms with Crippen LogP contribution >= 0.6 is 0 Å². The van der Waals surface area contributed by atoms with Gasteiger partial charge in [0.25, 0.3) is 5.91 Å². The summed E-state index contributed by atoms with van der Waals surface area (Å²) in [7, 11) is 1.66. The molecule has 0 fully saturated rings. The second kappa shape index (κ2) is 13.0. The minimum absolute atomic E-state index is 0.0296. The fourth-order valence-corrected chi connectivity index (χ4v) is 2.03. The number of aliphatic imine (C=N–C) groups is 1. The lowest BCUT2D eigenvalue weighted by Crippen LogP contribution is -2.39. The Morgan fingerprint density at radius 2 is 1.96 bits per heavy atom. The second-order valence-electron chi connectivity index (χ2n) is 5.56. The molecule has 0 aromatic heterocycles. The molecule has 0 aliphatic rings. The monoisotopic (exact) mass is 346 g/mol. The number of hydrogen-bond acceptors (Lipinski definition) is 3. The Balaban J connectivity index is 2.57. The van der Waals surface area contributed by atoms with E-state index in [9.17, 15) is 4.79 Å². The number of ether oxygens (including phenoxy) is 1. The molecule has 3 N–H and O–H groups in total. The van der Waals surface area contributed by atoms with E-state index in [4.69, 9.17) is 4.74 Å². The number of rotatable bonds is 11. The van der Waals surface area contributed by atoms with Crippen LogP contribution in [0.2, 0.25) is 0 Å². The van der Waals surface area contributed by atoms with E-state index in [0.717, 1.165) is 18.4 Å². The molecule has 0 radical (unpaired) electrons. The summed E-state index contributed by atoms with van der Waals surface area (Å²) in [5.41, 5.74) is 1.71. The molecule has 1 aromatic rings. The fourth-order valence-electron chi connectivity index (χ4n) is 2.03. The molecule has 1 amide bonds. The van der Waals surface area contributed by atoms with Crippen molar-refractivity contribution in [2.75, 3.05) is 33.4 Å². The third kappa shape index (κ3) is 8.91. The maximum atomic E-state index is 12.0. The number of amides is 1. The number of carbonyl (C=O) groups is 1. The van der Waals surface area contributed by atoms with Gasteiger partial charge < -0.3 is 20.7 Å². The van der Waals surface area contributed by atoms with E-state index in [1.54, 1.807) is 13.2 Å². The van der Waals surface area contributed by atoms with Gasteiger partial charge in [-0.15, -0.1) is 6.58 Å². The number of nitrogens with one attached hydrogen (secondary N) is 3. The molecule has 1 aromatic carbocycles. The molecule has 0 aliphatic heterocycles. The Bertz CT molecular complexity index is 541. The highest BCUT2D eigenvalue weighted by molar-refractivity contribution is 5.94. The standard InChI is InChI=1S/C19H30N4O2/c1-4-6-12-20-18(24)17-9-7-16(8-10-17)15-23-19(21-11-5-2)22-13-14-25-3/h5,7-10H,2,4,6,11-15H2,1,3H3,(H,20,24)(H2,21,22,23). The molecular weight excluding hydrogens is 316 g/mol. The SMILES string of the molecule is C=CCNC(=NCc1ccc(C(=O)NCCCC)cc1)NCCOC.